The number of carbonyl (C=O) groups is 3. The van der Waals surface area contributed by atoms with Crippen molar-refractivity contribution in [2.24, 2.45) is 0 Å². The molecule has 4 rings (SSSR count). The van der Waals surface area contributed by atoms with Gasteiger partial charge in [0.15, 0.2) is 13.2 Å². The molecule has 0 amide bonds. The SMILES string of the molecule is O=C(COC(=O)C1(c2cccc(F)c2)CCCC1)COC(=O)C1(c2cccc(F)c2)CCCC1. The van der Waals surface area contributed by atoms with Crippen LogP contribution in [0.1, 0.15) is 62.5 Å². The van der Waals surface area contributed by atoms with Crippen molar-refractivity contribution < 1.29 is 32.6 Å². The van der Waals surface area contributed by atoms with Crippen molar-refractivity contribution in [3.05, 3.63) is 71.3 Å². The lowest BCUT2D eigenvalue weighted by Crippen LogP contribution is -2.38. The summed E-state index contributed by atoms with van der Waals surface area (Å²) in [6.45, 7) is -1.06. The molecule has 2 aromatic rings. The van der Waals surface area contributed by atoms with E-state index in [0.717, 1.165) is 25.7 Å². The standard InChI is InChI=1S/C27H28F2O5/c28-21-9-5-7-19(15-21)26(11-1-2-12-26)24(31)33-17-23(30)18-34-25(32)27(13-3-4-14-27)20-8-6-10-22(29)16-20/h5-10,15-16H,1-4,11-14,17-18H2. The first-order valence-corrected chi connectivity index (χ1v) is 11.7. The molecule has 2 aliphatic rings. The number of rotatable bonds is 8. The molecular weight excluding hydrogens is 442 g/mol. The number of ketones is 1. The summed E-state index contributed by atoms with van der Waals surface area (Å²) in [4.78, 5) is 38.3. The predicted octanol–water partition coefficient (Wildman–Crippen LogP) is 4.94. The highest BCUT2D eigenvalue weighted by Crippen LogP contribution is 2.43. The number of ether oxygens (including phenoxy) is 2. The van der Waals surface area contributed by atoms with Gasteiger partial charge in [0, 0.05) is 0 Å². The maximum absolute atomic E-state index is 13.8. The molecule has 0 unspecified atom stereocenters. The van der Waals surface area contributed by atoms with Gasteiger partial charge in [0.25, 0.3) is 0 Å². The van der Waals surface area contributed by atoms with Crippen LogP contribution in [0.4, 0.5) is 8.78 Å². The maximum Gasteiger partial charge on any atom is 0.316 e. The van der Waals surface area contributed by atoms with Crippen LogP contribution >= 0.6 is 0 Å². The van der Waals surface area contributed by atoms with Crippen LogP contribution in [0.25, 0.3) is 0 Å². The zero-order chi connectivity index (χ0) is 24.2. The summed E-state index contributed by atoms with van der Waals surface area (Å²) in [6.07, 6.45) is 5.31. The van der Waals surface area contributed by atoms with E-state index in [0.29, 0.717) is 36.8 Å². The summed E-state index contributed by atoms with van der Waals surface area (Å²) in [5.74, 6) is -2.55. The average molecular weight is 471 g/mol. The van der Waals surface area contributed by atoms with Gasteiger partial charge in [0.1, 0.15) is 11.6 Å². The van der Waals surface area contributed by atoms with Gasteiger partial charge in [-0.15, -0.1) is 0 Å². The fourth-order valence-corrected chi connectivity index (χ4v) is 5.36. The Labute approximate surface area is 197 Å². The van der Waals surface area contributed by atoms with Crippen LogP contribution in [0, 0.1) is 11.6 Å². The van der Waals surface area contributed by atoms with Gasteiger partial charge >= 0.3 is 11.9 Å². The van der Waals surface area contributed by atoms with Gasteiger partial charge in [0.05, 0.1) is 10.8 Å². The molecule has 2 aromatic carbocycles. The Morgan fingerprint density at radius 2 is 1.06 bits per heavy atom. The monoisotopic (exact) mass is 470 g/mol. The van der Waals surface area contributed by atoms with Crippen molar-refractivity contribution in [3.63, 3.8) is 0 Å². The summed E-state index contributed by atoms with van der Waals surface area (Å²) in [5, 5.41) is 0. The number of halogens is 2. The first kappa shape index (κ1) is 24.0. The predicted molar refractivity (Wildman–Crippen MR) is 120 cm³/mol. The van der Waals surface area contributed by atoms with E-state index in [9.17, 15) is 23.2 Å². The van der Waals surface area contributed by atoms with E-state index in [4.69, 9.17) is 9.47 Å². The molecule has 0 spiro atoms. The van der Waals surface area contributed by atoms with E-state index >= 15 is 0 Å². The molecule has 7 heteroatoms. The van der Waals surface area contributed by atoms with Crippen LogP contribution in [0.2, 0.25) is 0 Å². The van der Waals surface area contributed by atoms with Gasteiger partial charge < -0.3 is 9.47 Å². The van der Waals surface area contributed by atoms with E-state index in [2.05, 4.69) is 0 Å². The molecular formula is C27H28F2O5. The fourth-order valence-electron chi connectivity index (χ4n) is 5.36. The Hall–Kier alpha value is -3.09. The number of carbonyl (C=O) groups excluding carboxylic acids is 3. The molecule has 2 saturated carbocycles. The van der Waals surface area contributed by atoms with Gasteiger partial charge in [-0.25, -0.2) is 8.78 Å². The first-order chi connectivity index (χ1) is 16.4. The van der Waals surface area contributed by atoms with Crippen molar-refractivity contribution in [1.82, 2.24) is 0 Å². The molecule has 5 nitrogen and oxygen atoms in total. The van der Waals surface area contributed by atoms with Crippen molar-refractivity contribution in [1.29, 1.82) is 0 Å². The van der Waals surface area contributed by atoms with E-state index in [1.54, 1.807) is 24.3 Å². The second-order valence-corrected chi connectivity index (χ2v) is 9.29. The molecule has 0 atom stereocenters. The minimum atomic E-state index is -0.968. The third-order valence-corrected chi connectivity index (χ3v) is 7.18. The number of benzene rings is 2. The van der Waals surface area contributed by atoms with Crippen molar-refractivity contribution in [2.45, 2.75) is 62.2 Å². The topological polar surface area (TPSA) is 69.7 Å². The van der Waals surface area contributed by atoms with E-state index in [1.165, 1.54) is 24.3 Å². The minimum absolute atomic E-state index is 0.432. The van der Waals surface area contributed by atoms with Crippen LogP contribution in [0.15, 0.2) is 48.5 Å². The number of Topliss-reactive ketones (excluding diaryl/α,β-unsaturated/α-hetero) is 1. The Bertz CT molecular complexity index is 985. The third-order valence-electron chi connectivity index (χ3n) is 7.18. The third kappa shape index (κ3) is 4.74. The highest BCUT2D eigenvalue weighted by molar-refractivity contribution is 5.90. The molecule has 0 aromatic heterocycles. The lowest BCUT2D eigenvalue weighted by atomic mass is 9.79. The summed E-state index contributed by atoms with van der Waals surface area (Å²) >= 11 is 0. The van der Waals surface area contributed by atoms with E-state index in [-0.39, 0.29) is 0 Å². The highest BCUT2D eigenvalue weighted by atomic mass is 19.1. The number of hydrogen-bond donors (Lipinski definition) is 0. The normalized spacial score (nSPS) is 18.4. The molecule has 0 saturated heterocycles. The van der Waals surface area contributed by atoms with Crippen LogP contribution < -0.4 is 0 Å². The Kier molecular flexibility index (Phi) is 7.10. The number of esters is 2. The molecule has 34 heavy (non-hydrogen) atoms. The Morgan fingerprint density at radius 1 is 0.676 bits per heavy atom. The molecule has 0 bridgehead atoms. The van der Waals surface area contributed by atoms with Crippen LogP contribution in [0.5, 0.6) is 0 Å². The summed E-state index contributed by atoms with van der Waals surface area (Å²) in [6, 6.07) is 11.8. The fraction of sp³-hybridized carbons (Fsp3) is 0.444. The Balaban J connectivity index is 1.36. The second-order valence-electron chi connectivity index (χ2n) is 9.29. The van der Waals surface area contributed by atoms with Crippen molar-refractivity contribution in [3.8, 4) is 0 Å². The molecule has 2 fully saturated rings. The lowest BCUT2D eigenvalue weighted by molar-refractivity contribution is -0.158. The lowest BCUT2D eigenvalue weighted by Gasteiger charge is -2.28. The van der Waals surface area contributed by atoms with E-state index < -0.39 is 53.4 Å². The second kappa shape index (κ2) is 10.0. The minimum Gasteiger partial charge on any atom is -0.457 e. The van der Waals surface area contributed by atoms with Crippen LogP contribution in [-0.4, -0.2) is 30.9 Å². The molecule has 0 heterocycles. The summed E-state index contributed by atoms with van der Waals surface area (Å²) in [7, 11) is 0. The zero-order valence-corrected chi connectivity index (χ0v) is 19.0. The molecule has 0 radical (unpaired) electrons. The molecule has 2 aliphatic carbocycles. The maximum atomic E-state index is 13.8. The smallest absolute Gasteiger partial charge is 0.316 e. The van der Waals surface area contributed by atoms with Gasteiger partial charge in [-0.2, -0.15) is 0 Å². The summed E-state index contributed by atoms with van der Waals surface area (Å²) in [5.41, 5.74) is -0.839. The molecule has 0 aliphatic heterocycles. The molecule has 0 N–H and O–H groups in total. The zero-order valence-electron chi connectivity index (χ0n) is 19.0. The Morgan fingerprint density at radius 3 is 1.41 bits per heavy atom. The average Bonchev–Trinajstić information content (AvgIpc) is 3.53. The first-order valence-electron chi connectivity index (χ1n) is 11.7. The quantitative estimate of drug-likeness (QED) is 0.511. The van der Waals surface area contributed by atoms with E-state index in [1.807, 2.05) is 0 Å². The number of hydrogen-bond acceptors (Lipinski definition) is 5. The van der Waals surface area contributed by atoms with Crippen LogP contribution in [0.3, 0.4) is 0 Å². The summed E-state index contributed by atoms with van der Waals surface area (Å²) < 4.78 is 38.2. The molecule has 180 valence electrons. The van der Waals surface area contributed by atoms with Crippen molar-refractivity contribution in [2.75, 3.05) is 13.2 Å². The van der Waals surface area contributed by atoms with Gasteiger partial charge in [-0.05, 0) is 61.1 Å². The van der Waals surface area contributed by atoms with Crippen molar-refractivity contribution >= 4 is 17.7 Å². The van der Waals surface area contributed by atoms with Gasteiger partial charge in [-0.1, -0.05) is 49.9 Å². The highest BCUT2D eigenvalue weighted by Gasteiger charge is 2.46. The van der Waals surface area contributed by atoms with Crippen LogP contribution in [-0.2, 0) is 34.7 Å². The van der Waals surface area contributed by atoms with Gasteiger partial charge in [-0.3, -0.25) is 14.4 Å². The largest absolute Gasteiger partial charge is 0.457 e. The van der Waals surface area contributed by atoms with Gasteiger partial charge in [0.2, 0.25) is 5.78 Å².